The molecule has 0 amide bonds. The molecular weight excluding hydrogens is 250 g/mol. The van der Waals surface area contributed by atoms with Gasteiger partial charge in [0.2, 0.25) is 0 Å². The summed E-state index contributed by atoms with van der Waals surface area (Å²) >= 11 is 5.97. The molecule has 1 aromatic heterocycles. The highest BCUT2D eigenvalue weighted by Crippen LogP contribution is 2.33. The molecule has 2 heterocycles. The first-order valence-corrected chi connectivity index (χ1v) is 6.49. The number of rotatable bonds is 1. The van der Waals surface area contributed by atoms with Gasteiger partial charge in [-0.15, -0.1) is 0 Å². The minimum atomic E-state index is 0.183. The molecule has 3 rings (SSSR count). The molecule has 4 heteroatoms. The van der Waals surface area contributed by atoms with E-state index in [-0.39, 0.29) is 11.7 Å². The van der Waals surface area contributed by atoms with Crippen LogP contribution in [0.1, 0.15) is 24.5 Å². The minimum Gasteiger partial charge on any atom is -0.506 e. The van der Waals surface area contributed by atoms with E-state index in [1.807, 2.05) is 12.1 Å². The standard InChI is InChI=1S/C14H14ClNO2/c15-11-4-3-9-6-13(17)14(16-12(9)7-11)10-2-1-5-18-8-10/h3-4,6-7,10,17H,1-2,5,8H2. The van der Waals surface area contributed by atoms with E-state index in [4.69, 9.17) is 16.3 Å². The van der Waals surface area contributed by atoms with Gasteiger partial charge in [-0.25, -0.2) is 4.98 Å². The van der Waals surface area contributed by atoms with Crippen LogP contribution in [0.15, 0.2) is 24.3 Å². The lowest BCUT2D eigenvalue weighted by Gasteiger charge is -2.22. The first kappa shape index (κ1) is 11.8. The van der Waals surface area contributed by atoms with Crippen molar-refractivity contribution in [3.63, 3.8) is 0 Å². The van der Waals surface area contributed by atoms with Crippen molar-refractivity contribution in [3.8, 4) is 5.75 Å². The van der Waals surface area contributed by atoms with Crippen LogP contribution in [0.2, 0.25) is 5.02 Å². The van der Waals surface area contributed by atoms with Crippen LogP contribution < -0.4 is 0 Å². The van der Waals surface area contributed by atoms with E-state index >= 15 is 0 Å². The van der Waals surface area contributed by atoms with Crippen LogP contribution in [0.25, 0.3) is 10.9 Å². The van der Waals surface area contributed by atoms with E-state index in [2.05, 4.69) is 4.98 Å². The third kappa shape index (κ3) is 2.16. The summed E-state index contributed by atoms with van der Waals surface area (Å²) in [6.45, 7) is 1.43. The van der Waals surface area contributed by atoms with Crippen molar-refractivity contribution in [1.82, 2.24) is 4.98 Å². The second kappa shape index (κ2) is 4.75. The van der Waals surface area contributed by atoms with Crippen molar-refractivity contribution in [2.24, 2.45) is 0 Å². The molecule has 1 N–H and O–H groups in total. The Kier molecular flexibility index (Phi) is 3.10. The number of hydrogen-bond acceptors (Lipinski definition) is 3. The number of nitrogens with zero attached hydrogens (tertiary/aromatic N) is 1. The average Bonchev–Trinajstić information content (AvgIpc) is 2.39. The lowest BCUT2D eigenvalue weighted by molar-refractivity contribution is 0.0786. The van der Waals surface area contributed by atoms with Crippen molar-refractivity contribution in [2.45, 2.75) is 18.8 Å². The SMILES string of the molecule is Oc1cc2ccc(Cl)cc2nc1C1CCCOC1. The Hall–Kier alpha value is -1.32. The molecule has 3 nitrogen and oxygen atoms in total. The second-order valence-corrected chi connectivity index (χ2v) is 5.08. The molecule has 1 aromatic carbocycles. The zero-order valence-electron chi connectivity index (χ0n) is 9.90. The number of aromatic nitrogens is 1. The Balaban J connectivity index is 2.07. The number of fused-ring (bicyclic) bond motifs is 1. The predicted molar refractivity (Wildman–Crippen MR) is 71.2 cm³/mol. The number of benzene rings is 1. The summed E-state index contributed by atoms with van der Waals surface area (Å²) in [6.07, 6.45) is 2.02. The van der Waals surface area contributed by atoms with Gasteiger partial charge in [-0.1, -0.05) is 17.7 Å². The van der Waals surface area contributed by atoms with Crippen molar-refractivity contribution < 1.29 is 9.84 Å². The van der Waals surface area contributed by atoms with Crippen LogP contribution in [-0.4, -0.2) is 23.3 Å². The summed E-state index contributed by atoms with van der Waals surface area (Å²) in [5.41, 5.74) is 1.55. The maximum absolute atomic E-state index is 10.1. The second-order valence-electron chi connectivity index (χ2n) is 4.64. The van der Waals surface area contributed by atoms with Crippen LogP contribution in [0, 0.1) is 0 Å². The molecule has 2 aromatic rings. The molecule has 18 heavy (non-hydrogen) atoms. The zero-order chi connectivity index (χ0) is 12.5. The highest BCUT2D eigenvalue weighted by atomic mass is 35.5. The fourth-order valence-corrected chi connectivity index (χ4v) is 2.57. The third-order valence-electron chi connectivity index (χ3n) is 3.34. The fraction of sp³-hybridized carbons (Fsp3) is 0.357. The Morgan fingerprint density at radius 1 is 1.33 bits per heavy atom. The molecule has 0 aliphatic carbocycles. The van der Waals surface area contributed by atoms with Crippen LogP contribution in [0.4, 0.5) is 0 Å². The van der Waals surface area contributed by atoms with E-state index in [0.717, 1.165) is 36.0 Å². The Labute approximate surface area is 110 Å². The van der Waals surface area contributed by atoms with Gasteiger partial charge < -0.3 is 9.84 Å². The molecular formula is C14H14ClNO2. The smallest absolute Gasteiger partial charge is 0.138 e. The molecule has 94 valence electrons. The quantitative estimate of drug-likeness (QED) is 0.856. The van der Waals surface area contributed by atoms with Crippen LogP contribution in [-0.2, 0) is 4.74 Å². The highest BCUT2D eigenvalue weighted by Gasteiger charge is 2.21. The largest absolute Gasteiger partial charge is 0.506 e. The predicted octanol–water partition coefficient (Wildman–Crippen LogP) is 3.49. The summed E-state index contributed by atoms with van der Waals surface area (Å²) in [5.74, 6) is 0.433. The van der Waals surface area contributed by atoms with Crippen molar-refractivity contribution in [3.05, 3.63) is 35.0 Å². The molecule has 1 aliphatic heterocycles. The Morgan fingerprint density at radius 2 is 2.22 bits per heavy atom. The van der Waals surface area contributed by atoms with Crippen LogP contribution in [0.5, 0.6) is 5.75 Å². The first-order chi connectivity index (χ1) is 8.74. The van der Waals surface area contributed by atoms with E-state index in [9.17, 15) is 5.11 Å². The zero-order valence-corrected chi connectivity index (χ0v) is 10.7. The number of halogens is 1. The summed E-state index contributed by atoms with van der Waals surface area (Å²) in [4.78, 5) is 4.54. The maximum atomic E-state index is 10.1. The third-order valence-corrected chi connectivity index (χ3v) is 3.57. The number of hydrogen-bond donors (Lipinski definition) is 1. The lowest BCUT2D eigenvalue weighted by Crippen LogP contribution is -2.16. The topological polar surface area (TPSA) is 42.4 Å². The van der Waals surface area contributed by atoms with Gasteiger partial charge in [0.1, 0.15) is 5.75 Å². The van der Waals surface area contributed by atoms with Crippen molar-refractivity contribution in [1.29, 1.82) is 0 Å². The number of ether oxygens (including phenoxy) is 1. The molecule has 0 bridgehead atoms. The molecule has 1 aliphatic rings. The normalized spacial score (nSPS) is 20.2. The molecule has 0 saturated carbocycles. The van der Waals surface area contributed by atoms with Gasteiger partial charge in [-0.2, -0.15) is 0 Å². The number of pyridine rings is 1. The summed E-state index contributed by atoms with van der Waals surface area (Å²) in [6, 6.07) is 7.24. The maximum Gasteiger partial charge on any atom is 0.138 e. The molecule has 1 fully saturated rings. The average molecular weight is 264 g/mol. The highest BCUT2D eigenvalue weighted by molar-refractivity contribution is 6.31. The summed E-state index contributed by atoms with van der Waals surface area (Å²) in [7, 11) is 0. The molecule has 1 saturated heterocycles. The Bertz CT molecular complexity index is 579. The fourth-order valence-electron chi connectivity index (χ4n) is 2.40. The van der Waals surface area contributed by atoms with E-state index in [1.54, 1.807) is 12.1 Å². The van der Waals surface area contributed by atoms with Crippen LogP contribution in [0.3, 0.4) is 0 Å². The molecule has 0 radical (unpaired) electrons. The van der Waals surface area contributed by atoms with Gasteiger partial charge in [0.15, 0.2) is 0 Å². The van der Waals surface area contributed by atoms with Crippen LogP contribution >= 0.6 is 11.6 Å². The number of aromatic hydroxyl groups is 1. The molecule has 1 unspecified atom stereocenters. The van der Waals surface area contributed by atoms with Gasteiger partial charge >= 0.3 is 0 Å². The van der Waals surface area contributed by atoms with Gasteiger partial charge in [-0.3, -0.25) is 0 Å². The van der Waals surface area contributed by atoms with Gasteiger partial charge in [0.05, 0.1) is 17.8 Å². The first-order valence-electron chi connectivity index (χ1n) is 6.11. The van der Waals surface area contributed by atoms with E-state index < -0.39 is 0 Å². The molecule has 0 spiro atoms. The summed E-state index contributed by atoms with van der Waals surface area (Å²) < 4.78 is 5.45. The van der Waals surface area contributed by atoms with Crippen molar-refractivity contribution in [2.75, 3.05) is 13.2 Å². The van der Waals surface area contributed by atoms with Gasteiger partial charge in [0, 0.05) is 22.9 Å². The van der Waals surface area contributed by atoms with Gasteiger partial charge in [0.25, 0.3) is 0 Å². The Morgan fingerprint density at radius 3 is 3.00 bits per heavy atom. The molecule has 1 atom stereocenters. The van der Waals surface area contributed by atoms with E-state index in [1.165, 1.54) is 0 Å². The lowest BCUT2D eigenvalue weighted by atomic mass is 9.96. The minimum absolute atomic E-state index is 0.183. The van der Waals surface area contributed by atoms with Gasteiger partial charge in [-0.05, 0) is 31.0 Å². The monoisotopic (exact) mass is 263 g/mol. The van der Waals surface area contributed by atoms with E-state index in [0.29, 0.717) is 11.6 Å². The summed E-state index contributed by atoms with van der Waals surface area (Å²) in [5, 5.41) is 11.6. The van der Waals surface area contributed by atoms with Crippen molar-refractivity contribution >= 4 is 22.5 Å².